The van der Waals surface area contributed by atoms with E-state index < -0.39 is 27.7 Å². The van der Waals surface area contributed by atoms with Gasteiger partial charge in [-0.3, -0.25) is 9.59 Å². The van der Waals surface area contributed by atoms with Crippen LogP contribution >= 0.6 is 0 Å². The Bertz CT molecular complexity index is 954. The Morgan fingerprint density at radius 1 is 0.964 bits per heavy atom. The number of ketones is 1. The van der Waals surface area contributed by atoms with Crippen LogP contribution in [-0.2, 0) is 21.0 Å². The summed E-state index contributed by atoms with van der Waals surface area (Å²) in [5.41, 5.74) is -0.301. The Kier molecular flexibility index (Phi) is 6.57. The van der Waals surface area contributed by atoms with E-state index in [1.54, 1.807) is 0 Å². The van der Waals surface area contributed by atoms with Crippen molar-refractivity contribution >= 4 is 27.4 Å². The minimum absolute atomic E-state index is 0.0550. The van der Waals surface area contributed by atoms with E-state index >= 15 is 0 Å². The van der Waals surface area contributed by atoms with E-state index in [9.17, 15) is 31.2 Å². The van der Waals surface area contributed by atoms with Crippen LogP contribution in [0.1, 0.15) is 29.3 Å². The number of carbonyl (C=O) groups is 2. The van der Waals surface area contributed by atoms with Gasteiger partial charge in [-0.2, -0.15) is 13.2 Å². The Morgan fingerprint density at radius 2 is 1.54 bits per heavy atom. The molecule has 0 aromatic heterocycles. The fourth-order valence-electron chi connectivity index (χ4n) is 2.22. The number of nitrogens with one attached hydrogen (secondary N) is 2. The molecule has 1 amide bonds. The quantitative estimate of drug-likeness (QED) is 0.681. The molecular weight excluding hydrogens is 397 g/mol. The van der Waals surface area contributed by atoms with E-state index in [1.165, 1.54) is 31.2 Å². The molecule has 28 heavy (non-hydrogen) atoms. The number of rotatable bonds is 7. The lowest BCUT2D eigenvalue weighted by atomic mass is 10.2. The summed E-state index contributed by atoms with van der Waals surface area (Å²) in [6.07, 6.45) is -4.69. The first kappa shape index (κ1) is 21.6. The summed E-state index contributed by atoms with van der Waals surface area (Å²) in [7, 11) is -3.86. The van der Waals surface area contributed by atoms with E-state index in [0.717, 1.165) is 24.3 Å². The zero-order chi connectivity index (χ0) is 20.9. The highest BCUT2D eigenvalue weighted by molar-refractivity contribution is 7.89. The van der Waals surface area contributed by atoms with Crippen LogP contribution in [0.5, 0.6) is 0 Å². The summed E-state index contributed by atoms with van der Waals surface area (Å²) in [6.45, 7) is 1.15. The fourth-order valence-corrected chi connectivity index (χ4v) is 3.25. The molecule has 0 fully saturated rings. The SMILES string of the molecule is CC(=O)c1ccc(S(=O)(=O)NCCC(=O)Nc2ccc(C(F)(F)F)cc2)cc1. The van der Waals surface area contributed by atoms with Gasteiger partial charge in [0, 0.05) is 24.2 Å². The van der Waals surface area contributed by atoms with Crippen LogP contribution in [0, 0.1) is 0 Å². The molecule has 2 aromatic carbocycles. The van der Waals surface area contributed by atoms with Gasteiger partial charge in [0.25, 0.3) is 0 Å². The van der Waals surface area contributed by atoms with Crippen LogP contribution in [0.4, 0.5) is 18.9 Å². The van der Waals surface area contributed by atoms with Crippen LogP contribution in [-0.4, -0.2) is 26.7 Å². The second kappa shape index (κ2) is 8.53. The fraction of sp³-hybridized carbons (Fsp3) is 0.222. The van der Waals surface area contributed by atoms with Gasteiger partial charge in [0.1, 0.15) is 0 Å². The molecule has 0 aliphatic heterocycles. The molecule has 150 valence electrons. The molecule has 0 atom stereocenters. The summed E-state index contributed by atoms with van der Waals surface area (Å²) in [5.74, 6) is -0.758. The number of carbonyl (C=O) groups excluding carboxylic acids is 2. The Balaban J connectivity index is 1.88. The number of alkyl halides is 3. The lowest BCUT2D eigenvalue weighted by Crippen LogP contribution is -2.27. The highest BCUT2D eigenvalue weighted by Crippen LogP contribution is 2.29. The average Bonchev–Trinajstić information content (AvgIpc) is 2.61. The first-order chi connectivity index (χ1) is 13.0. The molecule has 0 saturated carbocycles. The van der Waals surface area contributed by atoms with E-state index in [2.05, 4.69) is 10.0 Å². The summed E-state index contributed by atoms with van der Waals surface area (Å²) in [4.78, 5) is 23.0. The molecule has 0 unspecified atom stereocenters. The molecule has 2 aromatic rings. The lowest BCUT2D eigenvalue weighted by molar-refractivity contribution is -0.137. The molecule has 0 heterocycles. The standard InChI is InChI=1S/C18H17F3N2O4S/c1-12(24)13-2-8-16(9-3-13)28(26,27)22-11-10-17(25)23-15-6-4-14(5-7-15)18(19,20)21/h2-9,22H,10-11H2,1H3,(H,23,25). The average molecular weight is 414 g/mol. The van der Waals surface area contributed by atoms with E-state index in [4.69, 9.17) is 0 Å². The predicted octanol–water partition coefficient (Wildman–Crippen LogP) is 3.22. The molecule has 0 radical (unpaired) electrons. The maximum Gasteiger partial charge on any atom is 0.416 e. The number of Topliss-reactive ketones (excluding diaryl/α,β-unsaturated/α-hetero) is 1. The summed E-state index contributed by atoms with van der Waals surface area (Å²) in [5, 5.41) is 2.39. The van der Waals surface area contributed by atoms with Crippen molar-refractivity contribution in [1.82, 2.24) is 4.72 Å². The van der Waals surface area contributed by atoms with Gasteiger partial charge in [-0.1, -0.05) is 12.1 Å². The molecule has 0 spiro atoms. The number of sulfonamides is 1. The Labute approximate surface area is 159 Å². The van der Waals surface area contributed by atoms with Crippen molar-refractivity contribution in [2.75, 3.05) is 11.9 Å². The van der Waals surface area contributed by atoms with Crippen molar-refractivity contribution in [3.05, 3.63) is 59.7 Å². The largest absolute Gasteiger partial charge is 0.416 e. The summed E-state index contributed by atoms with van der Waals surface area (Å²) >= 11 is 0. The molecule has 0 saturated heterocycles. The Hall–Kier alpha value is -2.72. The second-order valence-electron chi connectivity index (χ2n) is 5.85. The van der Waals surface area contributed by atoms with Crippen LogP contribution in [0.15, 0.2) is 53.4 Å². The van der Waals surface area contributed by atoms with Crippen molar-refractivity contribution < 1.29 is 31.2 Å². The molecular formula is C18H17F3N2O4S. The zero-order valence-electron chi connectivity index (χ0n) is 14.7. The van der Waals surface area contributed by atoms with Crippen LogP contribution in [0.25, 0.3) is 0 Å². The van der Waals surface area contributed by atoms with Gasteiger partial charge in [0.15, 0.2) is 5.78 Å². The number of anilines is 1. The number of hydrogen-bond acceptors (Lipinski definition) is 4. The zero-order valence-corrected chi connectivity index (χ0v) is 15.5. The Morgan fingerprint density at radius 3 is 2.04 bits per heavy atom. The molecule has 0 bridgehead atoms. The lowest BCUT2D eigenvalue weighted by Gasteiger charge is -2.09. The smallest absolute Gasteiger partial charge is 0.326 e. The van der Waals surface area contributed by atoms with Crippen molar-refractivity contribution in [3.63, 3.8) is 0 Å². The number of benzene rings is 2. The highest BCUT2D eigenvalue weighted by Gasteiger charge is 2.30. The molecule has 2 N–H and O–H groups in total. The van der Waals surface area contributed by atoms with Crippen molar-refractivity contribution in [3.8, 4) is 0 Å². The molecule has 0 aliphatic carbocycles. The van der Waals surface area contributed by atoms with Gasteiger partial charge in [-0.05, 0) is 43.3 Å². The molecule has 0 aliphatic rings. The van der Waals surface area contributed by atoms with E-state index in [0.29, 0.717) is 5.56 Å². The first-order valence-electron chi connectivity index (χ1n) is 8.07. The van der Waals surface area contributed by atoms with Gasteiger partial charge in [0.05, 0.1) is 10.5 Å². The molecule has 10 heteroatoms. The van der Waals surface area contributed by atoms with Gasteiger partial charge >= 0.3 is 6.18 Å². The summed E-state index contributed by atoms with van der Waals surface area (Å²) in [6, 6.07) is 9.22. The van der Waals surface area contributed by atoms with Gasteiger partial charge in [0.2, 0.25) is 15.9 Å². The topological polar surface area (TPSA) is 92.3 Å². The summed E-state index contributed by atoms with van der Waals surface area (Å²) < 4.78 is 64.0. The van der Waals surface area contributed by atoms with Crippen molar-refractivity contribution in [1.29, 1.82) is 0 Å². The van der Waals surface area contributed by atoms with Gasteiger partial charge in [-0.25, -0.2) is 13.1 Å². The van der Waals surface area contributed by atoms with Crippen LogP contribution in [0.2, 0.25) is 0 Å². The number of amides is 1. The van der Waals surface area contributed by atoms with Crippen molar-refractivity contribution in [2.45, 2.75) is 24.4 Å². The first-order valence-corrected chi connectivity index (χ1v) is 9.55. The van der Waals surface area contributed by atoms with Crippen LogP contribution < -0.4 is 10.0 Å². The minimum atomic E-state index is -4.47. The molecule has 2 rings (SSSR count). The number of halogens is 3. The highest BCUT2D eigenvalue weighted by atomic mass is 32.2. The maximum atomic E-state index is 12.5. The normalized spacial score (nSPS) is 11.9. The van der Waals surface area contributed by atoms with Gasteiger partial charge in [-0.15, -0.1) is 0 Å². The van der Waals surface area contributed by atoms with Crippen LogP contribution in [0.3, 0.4) is 0 Å². The van der Waals surface area contributed by atoms with E-state index in [1.807, 2.05) is 0 Å². The minimum Gasteiger partial charge on any atom is -0.326 e. The van der Waals surface area contributed by atoms with Crippen molar-refractivity contribution in [2.24, 2.45) is 0 Å². The monoisotopic (exact) mass is 414 g/mol. The third-order valence-corrected chi connectivity index (χ3v) is 5.19. The molecule has 6 nitrogen and oxygen atoms in total. The predicted molar refractivity (Wildman–Crippen MR) is 96.3 cm³/mol. The van der Waals surface area contributed by atoms with E-state index in [-0.39, 0.29) is 29.3 Å². The maximum absolute atomic E-state index is 12.5. The van der Waals surface area contributed by atoms with Gasteiger partial charge < -0.3 is 5.32 Å². The third kappa shape index (κ3) is 5.89. The second-order valence-corrected chi connectivity index (χ2v) is 7.62. The number of hydrogen-bond donors (Lipinski definition) is 2. The third-order valence-electron chi connectivity index (χ3n) is 3.71.